The molecule has 0 atom stereocenters. The number of rotatable bonds is 7. The maximum Gasteiger partial charge on any atom is 0.417 e. The SMILES string of the molecule is COc1cc(/C=N\Nc2ccc(C(F)(F)F)cn2)cc(Br)c1OCc1ccccc1. The Labute approximate surface area is 179 Å². The standard InChI is InChI=1S/C21H17BrF3N3O2/c1-29-18-10-15(9-17(22)20(18)30-13-14-5-3-2-4-6-14)11-27-28-19-8-7-16(12-26-19)21(23,24)25/h2-12H,13H2,1H3,(H,26,28)/b27-11-. The van der Waals surface area contributed by atoms with Crippen LogP contribution in [0.1, 0.15) is 16.7 Å². The smallest absolute Gasteiger partial charge is 0.417 e. The van der Waals surface area contributed by atoms with E-state index in [1.165, 1.54) is 19.4 Å². The molecular formula is C21H17BrF3N3O2. The minimum absolute atomic E-state index is 0.188. The second kappa shape index (κ2) is 9.62. The fourth-order valence-electron chi connectivity index (χ4n) is 2.48. The second-order valence-corrected chi connectivity index (χ2v) is 6.96. The molecule has 0 amide bonds. The zero-order valence-corrected chi connectivity index (χ0v) is 17.4. The first-order valence-corrected chi connectivity index (χ1v) is 9.52. The van der Waals surface area contributed by atoms with E-state index >= 15 is 0 Å². The van der Waals surface area contributed by atoms with Gasteiger partial charge >= 0.3 is 6.18 Å². The summed E-state index contributed by atoms with van der Waals surface area (Å²) in [5, 5.41) is 4.01. The van der Waals surface area contributed by atoms with Crippen molar-refractivity contribution >= 4 is 28.0 Å². The van der Waals surface area contributed by atoms with Gasteiger partial charge in [0.2, 0.25) is 0 Å². The van der Waals surface area contributed by atoms with Crippen molar-refractivity contribution in [3.05, 3.63) is 82.0 Å². The van der Waals surface area contributed by atoms with Gasteiger partial charge in [-0.05, 0) is 51.3 Å². The minimum Gasteiger partial charge on any atom is -0.493 e. The normalized spacial score (nSPS) is 11.5. The predicted molar refractivity (Wildman–Crippen MR) is 112 cm³/mol. The van der Waals surface area contributed by atoms with Gasteiger partial charge in [-0.15, -0.1) is 0 Å². The number of benzene rings is 2. The highest BCUT2D eigenvalue weighted by atomic mass is 79.9. The van der Waals surface area contributed by atoms with E-state index in [4.69, 9.17) is 9.47 Å². The van der Waals surface area contributed by atoms with E-state index < -0.39 is 11.7 Å². The van der Waals surface area contributed by atoms with E-state index in [0.717, 1.165) is 17.8 Å². The summed E-state index contributed by atoms with van der Waals surface area (Å²) in [5.74, 6) is 1.25. The van der Waals surface area contributed by atoms with E-state index in [9.17, 15) is 13.2 Å². The fraction of sp³-hybridized carbons (Fsp3) is 0.143. The van der Waals surface area contributed by atoms with Gasteiger partial charge in [-0.2, -0.15) is 18.3 Å². The van der Waals surface area contributed by atoms with E-state index in [-0.39, 0.29) is 5.82 Å². The quantitative estimate of drug-likeness (QED) is 0.338. The molecule has 1 aromatic heterocycles. The van der Waals surface area contributed by atoms with Crippen molar-refractivity contribution in [2.75, 3.05) is 12.5 Å². The van der Waals surface area contributed by atoms with E-state index in [1.807, 2.05) is 30.3 Å². The number of hydrogen-bond donors (Lipinski definition) is 1. The van der Waals surface area contributed by atoms with Crippen LogP contribution in [0.2, 0.25) is 0 Å². The maximum atomic E-state index is 12.6. The Hall–Kier alpha value is -3.07. The summed E-state index contributed by atoms with van der Waals surface area (Å²) >= 11 is 3.47. The first-order valence-electron chi connectivity index (χ1n) is 8.73. The lowest BCUT2D eigenvalue weighted by atomic mass is 10.2. The molecule has 156 valence electrons. The Morgan fingerprint density at radius 3 is 2.53 bits per heavy atom. The van der Waals surface area contributed by atoms with Crippen LogP contribution in [-0.2, 0) is 12.8 Å². The number of ether oxygens (including phenoxy) is 2. The molecule has 1 N–H and O–H groups in total. The third-order valence-corrected chi connectivity index (χ3v) is 4.55. The van der Waals surface area contributed by atoms with Crippen LogP contribution < -0.4 is 14.9 Å². The van der Waals surface area contributed by atoms with Gasteiger partial charge in [0.1, 0.15) is 12.4 Å². The Balaban J connectivity index is 1.68. The number of nitrogens with zero attached hydrogens (tertiary/aromatic N) is 2. The zero-order valence-electron chi connectivity index (χ0n) is 15.8. The molecule has 0 aliphatic heterocycles. The van der Waals surface area contributed by atoms with Gasteiger partial charge in [0.05, 0.1) is 23.4 Å². The van der Waals surface area contributed by atoms with Crippen LogP contribution in [0.4, 0.5) is 19.0 Å². The van der Waals surface area contributed by atoms with E-state index in [1.54, 1.807) is 12.1 Å². The Kier molecular flexibility index (Phi) is 6.94. The number of alkyl halides is 3. The van der Waals surface area contributed by atoms with Crippen molar-refractivity contribution in [1.29, 1.82) is 0 Å². The van der Waals surface area contributed by atoms with Gasteiger partial charge in [0, 0.05) is 6.20 Å². The molecule has 0 saturated carbocycles. The molecule has 3 aromatic rings. The largest absolute Gasteiger partial charge is 0.493 e. The van der Waals surface area contributed by atoms with Crippen molar-refractivity contribution in [3.63, 3.8) is 0 Å². The molecule has 0 saturated heterocycles. The average Bonchev–Trinajstić information content (AvgIpc) is 2.73. The van der Waals surface area contributed by atoms with Crippen molar-refractivity contribution in [2.24, 2.45) is 5.10 Å². The van der Waals surface area contributed by atoms with E-state index in [0.29, 0.717) is 28.1 Å². The van der Waals surface area contributed by atoms with Crippen LogP contribution in [0, 0.1) is 0 Å². The van der Waals surface area contributed by atoms with Crippen LogP contribution >= 0.6 is 15.9 Å². The highest BCUT2D eigenvalue weighted by Gasteiger charge is 2.30. The molecular weight excluding hydrogens is 463 g/mol. The highest BCUT2D eigenvalue weighted by Crippen LogP contribution is 2.37. The summed E-state index contributed by atoms with van der Waals surface area (Å²) in [5.41, 5.74) is 3.48. The van der Waals surface area contributed by atoms with Crippen LogP contribution in [0.25, 0.3) is 0 Å². The Bertz CT molecular complexity index is 1010. The maximum absolute atomic E-state index is 12.6. The van der Waals surface area contributed by atoms with Gasteiger partial charge in [-0.3, -0.25) is 5.43 Å². The molecule has 2 aromatic carbocycles. The molecule has 1 heterocycles. The number of anilines is 1. The number of halogens is 4. The summed E-state index contributed by atoms with van der Waals surface area (Å²) in [6, 6.07) is 15.4. The van der Waals surface area contributed by atoms with Gasteiger partial charge < -0.3 is 9.47 Å². The average molecular weight is 480 g/mol. The first-order chi connectivity index (χ1) is 14.4. The van der Waals surface area contributed by atoms with Crippen LogP contribution in [0.3, 0.4) is 0 Å². The number of methoxy groups -OCH3 is 1. The molecule has 0 bridgehead atoms. The minimum atomic E-state index is -4.43. The fourth-order valence-corrected chi connectivity index (χ4v) is 3.06. The molecule has 30 heavy (non-hydrogen) atoms. The lowest BCUT2D eigenvalue weighted by molar-refractivity contribution is -0.137. The molecule has 9 heteroatoms. The highest BCUT2D eigenvalue weighted by molar-refractivity contribution is 9.10. The molecule has 3 rings (SSSR count). The number of pyridine rings is 1. The summed E-state index contributed by atoms with van der Waals surface area (Å²) in [7, 11) is 1.53. The number of hydrogen-bond acceptors (Lipinski definition) is 5. The molecule has 0 unspecified atom stereocenters. The molecule has 0 spiro atoms. The first kappa shape index (κ1) is 21.6. The van der Waals surface area contributed by atoms with Gasteiger partial charge in [0.25, 0.3) is 0 Å². The number of hydrazone groups is 1. The van der Waals surface area contributed by atoms with Gasteiger partial charge in [-0.25, -0.2) is 4.98 Å². The third kappa shape index (κ3) is 5.73. The number of nitrogens with one attached hydrogen (secondary N) is 1. The predicted octanol–water partition coefficient (Wildman–Crippen LogP) is 5.90. The zero-order chi connectivity index (χ0) is 21.6. The Morgan fingerprint density at radius 1 is 1.13 bits per heavy atom. The monoisotopic (exact) mass is 479 g/mol. The molecule has 0 fully saturated rings. The molecule has 0 aliphatic carbocycles. The van der Waals surface area contributed by atoms with E-state index in [2.05, 4.69) is 31.4 Å². The molecule has 0 radical (unpaired) electrons. The molecule has 0 aliphatic rings. The molecule has 5 nitrogen and oxygen atoms in total. The van der Waals surface area contributed by atoms with Crippen molar-refractivity contribution in [2.45, 2.75) is 12.8 Å². The van der Waals surface area contributed by atoms with Crippen molar-refractivity contribution in [1.82, 2.24) is 4.98 Å². The summed E-state index contributed by atoms with van der Waals surface area (Å²) in [6.45, 7) is 0.379. The lowest BCUT2D eigenvalue weighted by Gasteiger charge is -2.13. The Morgan fingerprint density at radius 2 is 1.90 bits per heavy atom. The van der Waals surface area contributed by atoms with Crippen molar-refractivity contribution < 1.29 is 22.6 Å². The van der Waals surface area contributed by atoms with Crippen LogP contribution in [0.15, 0.2) is 70.4 Å². The van der Waals surface area contributed by atoms with Crippen molar-refractivity contribution in [3.8, 4) is 11.5 Å². The van der Waals surface area contributed by atoms with Gasteiger partial charge in [-0.1, -0.05) is 30.3 Å². The summed E-state index contributed by atoms with van der Waals surface area (Å²) < 4.78 is 49.7. The topological polar surface area (TPSA) is 55.7 Å². The lowest BCUT2D eigenvalue weighted by Crippen LogP contribution is -2.05. The second-order valence-electron chi connectivity index (χ2n) is 6.11. The van der Waals surface area contributed by atoms with Crippen LogP contribution in [-0.4, -0.2) is 18.3 Å². The summed E-state index contributed by atoms with van der Waals surface area (Å²) in [4.78, 5) is 3.70. The third-order valence-electron chi connectivity index (χ3n) is 3.96. The van der Waals surface area contributed by atoms with Crippen LogP contribution in [0.5, 0.6) is 11.5 Å². The number of aromatic nitrogens is 1. The van der Waals surface area contributed by atoms with Gasteiger partial charge in [0.15, 0.2) is 11.5 Å². The summed E-state index contributed by atoms with van der Waals surface area (Å²) in [6.07, 6.45) is -2.19.